The SMILES string of the molecule is N#C/C(=C/c1cn(-c2ccccc2)nc1-c1ccc(Cl)cc1)C(=O)NC1CCCCCC1. The Hall–Kier alpha value is -3.36. The summed E-state index contributed by atoms with van der Waals surface area (Å²) in [7, 11) is 0. The Balaban J connectivity index is 1.69. The molecule has 0 radical (unpaired) electrons. The number of benzene rings is 2. The average molecular weight is 445 g/mol. The Kier molecular flexibility index (Phi) is 7.03. The number of carbonyl (C=O) groups excluding carboxylic acids is 1. The van der Waals surface area contributed by atoms with Crippen molar-refractivity contribution in [3.63, 3.8) is 0 Å². The number of nitrogens with one attached hydrogen (secondary N) is 1. The third-order valence-electron chi connectivity index (χ3n) is 5.74. The molecule has 1 aromatic heterocycles. The molecule has 0 spiro atoms. The molecule has 3 aromatic rings. The molecule has 162 valence electrons. The van der Waals surface area contributed by atoms with E-state index in [-0.39, 0.29) is 17.5 Å². The van der Waals surface area contributed by atoms with Gasteiger partial charge < -0.3 is 5.32 Å². The molecule has 1 heterocycles. The van der Waals surface area contributed by atoms with Gasteiger partial charge in [0.2, 0.25) is 0 Å². The van der Waals surface area contributed by atoms with Crippen LogP contribution in [0.1, 0.15) is 44.1 Å². The van der Waals surface area contributed by atoms with Crippen molar-refractivity contribution in [3.05, 3.63) is 77.0 Å². The van der Waals surface area contributed by atoms with Gasteiger partial charge in [-0.25, -0.2) is 4.68 Å². The van der Waals surface area contributed by atoms with Crippen LogP contribution in [0.2, 0.25) is 5.02 Å². The minimum absolute atomic E-state index is 0.0806. The molecule has 4 rings (SSSR count). The number of hydrogen-bond acceptors (Lipinski definition) is 3. The van der Waals surface area contributed by atoms with Crippen molar-refractivity contribution in [1.29, 1.82) is 5.26 Å². The highest BCUT2D eigenvalue weighted by atomic mass is 35.5. The zero-order chi connectivity index (χ0) is 22.3. The molecular formula is C26H25ClN4O. The number of nitrogens with zero attached hydrogens (tertiary/aromatic N) is 3. The van der Waals surface area contributed by atoms with Crippen LogP contribution in [0.5, 0.6) is 0 Å². The molecule has 2 aromatic carbocycles. The smallest absolute Gasteiger partial charge is 0.262 e. The third-order valence-corrected chi connectivity index (χ3v) is 5.99. The van der Waals surface area contributed by atoms with E-state index in [1.807, 2.05) is 48.7 Å². The fourth-order valence-corrected chi connectivity index (χ4v) is 4.15. The van der Waals surface area contributed by atoms with Crippen molar-refractivity contribution in [3.8, 4) is 23.0 Å². The lowest BCUT2D eigenvalue weighted by Crippen LogP contribution is -2.35. The Bertz CT molecular complexity index is 1130. The fourth-order valence-electron chi connectivity index (χ4n) is 4.03. The number of para-hydroxylation sites is 1. The second-order valence-electron chi connectivity index (χ2n) is 8.05. The molecule has 1 amide bonds. The lowest BCUT2D eigenvalue weighted by molar-refractivity contribution is -0.117. The van der Waals surface area contributed by atoms with Crippen LogP contribution in [0, 0.1) is 11.3 Å². The minimum Gasteiger partial charge on any atom is -0.349 e. The number of rotatable bonds is 5. The van der Waals surface area contributed by atoms with Gasteiger partial charge in [-0.1, -0.05) is 67.6 Å². The number of halogens is 1. The molecule has 1 aliphatic rings. The van der Waals surface area contributed by atoms with Gasteiger partial charge in [0.15, 0.2) is 0 Å². The first-order valence-electron chi connectivity index (χ1n) is 11.0. The standard InChI is InChI=1S/C26H25ClN4O/c27-22-14-12-19(13-15-22)25-21(18-31(30-25)24-10-6-3-7-11-24)16-20(17-28)26(32)29-23-8-4-1-2-5-9-23/h3,6-7,10-16,18,23H,1-2,4-5,8-9H2,(H,29,32)/b20-16-. The van der Waals surface area contributed by atoms with E-state index in [2.05, 4.69) is 11.4 Å². The Labute approximate surface area is 193 Å². The van der Waals surface area contributed by atoms with E-state index >= 15 is 0 Å². The topological polar surface area (TPSA) is 70.7 Å². The van der Waals surface area contributed by atoms with Gasteiger partial charge in [-0.15, -0.1) is 0 Å². The fraction of sp³-hybridized carbons (Fsp3) is 0.269. The first kappa shape index (κ1) is 21.9. The number of nitriles is 1. The van der Waals surface area contributed by atoms with Crippen LogP contribution < -0.4 is 5.32 Å². The summed E-state index contributed by atoms with van der Waals surface area (Å²) in [5.74, 6) is -0.325. The van der Waals surface area contributed by atoms with Crippen molar-refractivity contribution >= 4 is 23.6 Å². The molecule has 5 nitrogen and oxygen atoms in total. The van der Waals surface area contributed by atoms with Crippen molar-refractivity contribution in [1.82, 2.24) is 15.1 Å². The van der Waals surface area contributed by atoms with Crippen LogP contribution in [0.4, 0.5) is 0 Å². The molecule has 0 unspecified atom stereocenters. The van der Waals surface area contributed by atoms with E-state index in [9.17, 15) is 10.1 Å². The van der Waals surface area contributed by atoms with Gasteiger partial charge in [0.1, 0.15) is 11.6 Å². The van der Waals surface area contributed by atoms with Crippen LogP contribution in [-0.4, -0.2) is 21.7 Å². The minimum atomic E-state index is -0.325. The van der Waals surface area contributed by atoms with Crippen LogP contribution in [0.25, 0.3) is 23.0 Å². The highest BCUT2D eigenvalue weighted by molar-refractivity contribution is 6.30. The molecule has 0 saturated heterocycles. The second kappa shape index (κ2) is 10.3. The lowest BCUT2D eigenvalue weighted by Gasteiger charge is -2.15. The van der Waals surface area contributed by atoms with Crippen LogP contribution in [-0.2, 0) is 4.79 Å². The summed E-state index contributed by atoms with van der Waals surface area (Å²) in [4.78, 5) is 12.9. The summed E-state index contributed by atoms with van der Waals surface area (Å²) in [6.45, 7) is 0. The summed E-state index contributed by atoms with van der Waals surface area (Å²) in [6.07, 6.45) is 10.0. The zero-order valence-electron chi connectivity index (χ0n) is 17.8. The molecule has 32 heavy (non-hydrogen) atoms. The van der Waals surface area contributed by atoms with E-state index in [1.54, 1.807) is 22.9 Å². The van der Waals surface area contributed by atoms with Gasteiger partial charge >= 0.3 is 0 Å². The molecule has 0 atom stereocenters. The van der Waals surface area contributed by atoms with Gasteiger partial charge in [-0.05, 0) is 43.2 Å². The normalized spacial score (nSPS) is 15.1. The van der Waals surface area contributed by atoms with Gasteiger partial charge in [-0.2, -0.15) is 10.4 Å². The van der Waals surface area contributed by atoms with Gasteiger partial charge in [0.05, 0.1) is 11.4 Å². The van der Waals surface area contributed by atoms with Crippen molar-refractivity contribution in [2.24, 2.45) is 0 Å². The Morgan fingerprint density at radius 1 is 1.06 bits per heavy atom. The molecule has 1 saturated carbocycles. The first-order valence-corrected chi connectivity index (χ1v) is 11.4. The van der Waals surface area contributed by atoms with Crippen LogP contribution in [0.3, 0.4) is 0 Å². The molecule has 0 bridgehead atoms. The van der Waals surface area contributed by atoms with E-state index in [0.717, 1.165) is 36.9 Å². The summed E-state index contributed by atoms with van der Waals surface area (Å²) in [5.41, 5.74) is 3.21. The van der Waals surface area contributed by atoms with E-state index in [4.69, 9.17) is 16.7 Å². The number of carbonyl (C=O) groups is 1. The maximum atomic E-state index is 12.9. The third kappa shape index (κ3) is 5.27. The summed E-state index contributed by atoms with van der Waals surface area (Å²) in [5, 5.41) is 18.2. The van der Waals surface area contributed by atoms with Crippen molar-refractivity contribution < 1.29 is 4.79 Å². The van der Waals surface area contributed by atoms with E-state index in [1.165, 1.54) is 12.8 Å². The molecule has 0 aliphatic heterocycles. The predicted molar refractivity (Wildman–Crippen MR) is 127 cm³/mol. The second-order valence-corrected chi connectivity index (χ2v) is 8.49. The van der Waals surface area contributed by atoms with Crippen molar-refractivity contribution in [2.45, 2.75) is 44.6 Å². The van der Waals surface area contributed by atoms with Gasteiger partial charge in [-0.3, -0.25) is 4.79 Å². The zero-order valence-corrected chi connectivity index (χ0v) is 18.6. The largest absolute Gasteiger partial charge is 0.349 e. The van der Waals surface area contributed by atoms with E-state index < -0.39 is 0 Å². The maximum absolute atomic E-state index is 12.9. The number of hydrogen-bond donors (Lipinski definition) is 1. The Morgan fingerprint density at radius 2 is 1.75 bits per heavy atom. The lowest BCUT2D eigenvalue weighted by atomic mass is 10.0. The summed E-state index contributed by atoms with van der Waals surface area (Å²) >= 11 is 6.06. The predicted octanol–water partition coefficient (Wildman–Crippen LogP) is 5.94. The van der Waals surface area contributed by atoms with Crippen molar-refractivity contribution in [2.75, 3.05) is 0 Å². The summed E-state index contributed by atoms with van der Waals surface area (Å²) < 4.78 is 1.76. The van der Waals surface area contributed by atoms with Crippen LogP contribution in [0.15, 0.2) is 66.4 Å². The quantitative estimate of drug-likeness (QED) is 0.301. The molecule has 1 N–H and O–H groups in total. The molecule has 1 fully saturated rings. The number of amides is 1. The van der Waals surface area contributed by atoms with Gasteiger partial charge in [0.25, 0.3) is 5.91 Å². The maximum Gasteiger partial charge on any atom is 0.262 e. The number of aromatic nitrogens is 2. The molecule has 1 aliphatic carbocycles. The highest BCUT2D eigenvalue weighted by Gasteiger charge is 2.19. The Morgan fingerprint density at radius 3 is 2.41 bits per heavy atom. The average Bonchev–Trinajstić information content (AvgIpc) is 3.07. The van der Waals surface area contributed by atoms with E-state index in [0.29, 0.717) is 16.3 Å². The van der Waals surface area contributed by atoms with Gasteiger partial charge in [0, 0.05) is 28.4 Å². The molecule has 6 heteroatoms. The molecular weight excluding hydrogens is 420 g/mol. The monoisotopic (exact) mass is 444 g/mol. The van der Waals surface area contributed by atoms with Crippen LogP contribution >= 0.6 is 11.6 Å². The highest BCUT2D eigenvalue weighted by Crippen LogP contribution is 2.27. The summed E-state index contributed by atoms with van der Waals surface area (Å²) in [6, 6.07) is 19.3. The first-order chi connectivity index (χ1) is 15.6.